The van der Waals surface area contributed by atoms with E-state index in [-0.39, 0.29) is 17.9 Å². The molecular formula is C21H21N3O5. The zero-order chi connectivity index (χ0) is 20.2. The van der Waals surface area contributed by atoms with Crippen molar-refractivity contribution in [2.75, 3.05) is 13.2 Å². The van der Waals surface area contributed by atoms with Crippen molar-refractivity contribution < 1.29 is 19.1 Å². The fourth-order valence-electron chi connectivity index (χ4n) is 3.24. The molecule has 0 spiro atoms. The van der Waals surface area contributed by atoms with E-state index in [1.165, 1.54) is 6.20 Å². The molecule has 8 nitrogen and oxygen atoms in total. The molecule has 0 amide bonds. The van der Waals surface area contributed by atoms with Crippen LogP contribution in [0.25, 0.3) is 11.1 Å². The van der Waals surface area contributed by atoms with Crippen molar-refractivity contribution in [1.82, 2.24) is 9.55 Å². The van der Waals surface area contributed by atoms with E-state index in [0.29, 0.717) is 26.4 Å². The Morgan fingerprint density at radius 3 is 2.79 bits per heavy atom. The summed E-state index contributed by atoms with van der Waals surface area (Å²) in [5, 5.41) is 10.8. The van der Waals surface area contributed by atoms with E-state index in [9.17, 15) is 10.1 Å². The van der Waals surface area contributed by atoms with Crippen molar-refractivity contribution in [3.05, 3.63) is 70.4 Å². The Kier molecular flexibility index (Phi) is 5.44. The van der Waals surface area contributed by atoms with Crippen molar-refractivity contribution in [3.63, 3.8) is 0 Å². The van der Waals surface area contributed by atoms with Crippen LogP contribution in [0.15, 0.2) is 54.7 Å². The molecule has 3 aromatic rings. The number of hydrogen-bond donors (Lipinski definition) is 0. The summed E-state index contributed by atoms with van der Waals surface area (Å²) in [6, 6.07) is 16.4. The smallest absolute Gasteiger partial charge is 0.414 e. The molecule has 1 aliphatic rings. The van der Waals surface area contributed by atoms with Crippen LogP contribution in [0.5, 0.6) is 11.8 Å². The third-order valence-electron chi connectivity index (χ3n) is 4.65. The van der Waals surface area contributed by atoms with Crippen molar-refractivity contribution in [2.24, 2.45) is 0 Å². The van der Waals surface area contributed by atoms with Crippen LogP contribution in [0.2, 0.25) is 0 Å². The van der Waals surface area contributed by atoms with E-state index < -0.39 is 4.92 Å². The fraction of sp³-hybridized carbons (Fsp3) is 0.286. The molecule has 0 saturated carbocycles. The van der Waals surface area contributed by atoms with Crippen LogP contribution in [0, 0.1) is 10.1 Å². The second-order valence-corrected chi connectivity index (χ2v) is 6.66. The van der Waals surface area contributed by atoms with Gasteiger partial charge in [-0.2, -0.15) is 0 Å². The Labute approximate surface area is 167 Å². The SMILES string of the molecule is CCOc1ccccc1-c1ccc(CO[C@@H]2COc3nc([N+](=O)[O-])cn3C2)cc1. The minimum Gasteiger partial charge on any atom is -0.493 e. The molecule has 0 radical (unpaired) electrons. The number of para-hydroxylation sites is 1. The molecule has 2 aromatic carbocycles. The maximum Gasteiger partial charge on any atom is 0.414 e. The summed E-state index contributed by atoms with van der Waals surface area (Å²) in [5.41, 5.74) is 3.16. The van der Waals surface area contributed by atoms with Gasteiger partial charge in [-0.1, -0.05) is 42.5 Å². The van der Waals surface area contributed by atoms with Gasteiger partial charge in [-0.3, -0.25) is 4.57 Å². The maximum atomic E-state index is 10.8. The predicted octanol–water partition coefficient (Wildman–Crippen LogP) is 3.83. The van der Waals surface area contributed by atoms with Gasteiger partial charge in [-0.05, 0) is 29.0 Å². The first-order valence-electron chi connectivity index (χ1n) is 9.41. The summed E-state index contributed by atoms with van der Waals surface area (Å²) >= 11 is 0. The topological polar surface area (TPSA) is 88.7 Å². The first-order valence-corrected chi connectivity index (χ1v) is 9.41. The van der Waals surface area contributed by atoms with Gasteiger partial charge in [0.15, 0.2) is 0 Å². The van der Waals surface area contributed by atoms with Crippen molar-refractivity contribution in [3.8, 4) is 22.9 Å². The molecule has 150 valence electrons. The van der Waals surface area contributed by atoms with Gasteiger partial charge in [-0.25, -0.2) is 0 Å². The molecule has 0 unspecified atom stereocenters. The van der Waals surface area contributed by atoms with Crippen LogP contribution in [0.1, 0.15) is 12.5 Å². The van der Waals surface area contributed by atoms with Crippen LogP contribution >= 0.6 is 0 Å². The summed E-state index contributed by atoms with van der Waals surface area (Å²) in [7, 11) is 0. The first kappa shape index (κ1) is 18.9. The number of hydrogen-bond acceptors (Lipinski definition) is 6. The van der Waals surface area contributed by atoms with Gasteiger partial charge in [0, 0.05) is 10.5 Å². The largest absolute Gasteiger partial charge is 0.493 e. The molecule has 0 fully saturated rings. The minimum absolute atomic E-state index is 0.199. The van der Waals surface area contributed by atoms with Crippen LogP contribution < -0.4 is 9.47 Å². The highest BCUT2D eigenvalue weighted by atomic mass is 16.6. The number of nitrogens with zero attached hydrogens (tertiary/aromatic N) is 3. The van der Waals surface area contributed by atoms with Crippen LogP contribution in [-0.2, 0) is 17.9 Å². The Morgan fingerprint density at radius 1 is 1.24 bits per heavy atom. The van der Waals surface area contributed by atoms with Crippen molar-refractivity contribution in [2.45, 2.75) is 26.2 Å². The summed E-state index contributed by atoms with van der Waals surface area (Å²) in [4.78, 5) is 14.1. The zero-order valence-corrected chi connectivity index (χ0v) is 16.0. The molecule has 1 atom stereocenters. The quantitative estimate of drug-likeness (QED) is 0.446. The number of fused-ring (bicyclic) bond motifs is 1. The van der Waals surface area contributed by atoms with E-state index in [1.807, 2.05) is 55.5 Å². The van der Waals surface area contributed by atoms with Crippen LogP contribution in [0.4, 0.5) is 5.82 Å². The zero-order valence-electron chi connectivity index (χ0n) is 16.0. The first-order chi connectivity index (χ1) is 14.1. The lowest BCUT2D eigenvalue weighted by atomic mass is 10.0. The lowest BCUT2D eigenvalue weighted by Crippen LogP contribution is -2.32. The van der Waals surface area contributed by atoms with E-state index >= 15 is 0 Å². The second kappa shape index (κ2) is 8.32. The molecule has 2 heterocycles. The summed E-state index contributed by atoms with van der Waals surface area (Å²) in [5.74, 6) is 0.646. The van der Waals surface area contributed by atoms with Gasteiger partial charge in [-0.15, -0.1) is 0 Å². The molecular weight excluding hydrogens is 374 g/mol. The van der Waals surface area contributed by atoms with Crippen molar-refractivity contribution in [1.29, 1.82) is 0 Å². The molecule has 4 rings (SSSR count). The average Bonchev–Trinajstić information content (AvgIpc) is 3.17. The van der Waals surface area contributed by atoms with E-state index in [0.717, 1.165) is 22.4 Å². The monoisotopic (exact) mass is 395 g/mol. The second-order valence-electron chi connectivity index (χ2n) is 6.66. The number of benzene rings is 2. The van der Waals surface area contributed by atoms with Gasteiger partial charge >= 0.3 is 11.8 Å². The standard InChI is InChI=1S/C21H21N3O5/c1-2-27-19-6-4-3-5-18(19)16-9-7-15(8-10-16)13-28-17-11-23-12-20(24(25)26)22-21(23)29-14-17/h3-10,12,17H,2,11,13-14H2,1H3/t17-/m0/s1. The van der Waals surface area contributed by atoms with Gasteiger partial charge in [0.1, 0.15) is 24.7 Å². The van der Waals surface area contributed by atoms with E-state index in [2.05, 4.69) is 4.98 Å². The third-order valence-corrected chi connectivity index (χ3v) is 4.65. The number of aromatic nitrogens is 2. The number of ether oxygens (including phenoxy) is 3. The Bertz CT molecular complexity index is 1000. The number of nitro groups is 1. The maximum absolute atomic E-state index is 10.8. The van der Waals surface area contributed by atoms with Gasteiger partial charge < -0.3 is 24.3 Å². The highest BCUT2D eigenvalue weighted by Gasteiger charge is 2.28. The van der Waals surface area contributed by atoms with Gasteiger partial charge in [0.25, 0.3) is 0 Å². The summed E-state index contributed by atoms with van der Waals surface area (Å²) in [6.45, 7) is 3.79. The molecule has 1 aliphatic heterocycles. The summed E-state index contributed by atoms with van der Waals surface area (Å²) < 4.78 is 18.7. The normalized spacial score (nSPS) is 15.4. The Balaban J connectivity index is 1.38. The van der Waals surface area contributed by atoms with Crippen molar-refractivity contribution >= 4 is 5.82 Å². The summed E-state index contributed by atoms with van der Waals surface area (Å²) in [6.07, 6.45) is 1.17. The lowest BCUT2D eigenvalue weighted by molar-refractivity contribution is -0.389. The Morgan fingerprint density at radius 2 is 2.03 bits per heavy atom. The molecule has 0 aliphatic carbocycles. The number of rotatable bonds is 7. The molecule has 0 saturated heterocycles. The molecule has 0 N–H and O–H groups in total. The van der Waals surface area contributed by atoms with E-state index in [4.69, 9.17) is 14.2 Å². The predicted molar refractivity (Wildman–Crippen MR) is 106 cm³/mol. The van der Waals surface area contributed by atoms with Gasteiger partial charge in [0.2, 0.25) is 0 Å². The van der Waals surface area contributed by atoms with E-state index in [1.54, 1.807) is 4.57 Å². The minimum atomic E-state index is -0.532. The fourth-order valence-corrected chi connectivity index (χ4v) is 3.24. The molecule has 0 bridgehead atoms. The number of imidazole rings is 1. The van der Waals surface area contributed by atoms with Crippen LogP contribution in [0.3, 0.4) is 0 Å². The highest BCUT2D eigenvalue weighted by molar-refractivity contribution is 5.70. The Hall–Kier alpha value is -3.39. The molecule has 1 aromatic heterocycles. The van der Waals surface area contributed by atoms with Gasteiger partial charge in [0.05, 0.1) is 19.8 Å². The van der Waals surface area contributed by atoms with Crippen LogP contribution in [-0.4, -0.2) is 33.8 Å². The molecule has 8 heteroatoms. The third kappa shape index (κ3) is 4.22. The average molecular weight is 395 g/mol. The molecule has 29 heavy (non-hydrogen) atoms. The highest BCUT2D eigenvalue weighted by Crippen LogP contribution is 2.30. The lowest BCUT2D eigenvalue weighted by Gasteiger charge is -2.22.